The molecule has 0 amide bonds. The number of hydrogen-bond acceptors (Lipinski definition) is 5. The maximum atomic E-state index is 13.7. The third-order valence-electron chi connectivity index (χ3n) is 5.37. The molecule has 0 fully saturated rings. The zero-order valence-corrected chi connectivity index (χ0v) is 19.1. The second-order valence-corrected chi connectivity index (χ2v) is 11.4. The highest BCUT2D eigenvalue weighted by Crippen LogP contribution is 2.47. The van der Waals surface area contributed by atoms with E-state index >= 15 is 0 Å². The van der Waals surface area contributed by atoms with Crippen molar-refractivity contribution in [2.24, 2.45) is 0 Å². The quantitative estimate of drug-likeness (QED) is 0.405. The lowest BCUT2D eigenvalue weighted by Crippen LogP contribution is -2.39. The summed E-state index contributed by atoms with van der Waals surface area (Å²) < 4.78 is 60.4. The van der Waals surface area contributed by atoms with Crippen LogP contribution >= 0.6 is 11.6 Å². The summed E-state index contributed by atoms with van der Waals surface area (Å²) in [6.45, 7) is 0. The SMILES string of the molecule is COc1ccc2c(c1)-c1cc(Cl)ccc1S(=O)(=O)N2S(=O)(=O)c1ccc2ccccc2c1. The van der Waals surface area contributed by atoms with Gasteiger partial charge in [0.2, 0.25) is 0 Å². The van der Waals surface area contributed by atoms with Crippen molar-refractivity contribution in [2.45, 2.75) is 9.79 Å². The Hall–Kier alpha value is -3.07. The predicted octanol–water partition coefficient (Wildman–Crippen LogP) is 5.07. The van der Waals surface area contributed by atoms with Gasteiger partial charge in [-0.25, -0.2) is 8.42 Å². The van der Waals surface area contributed by atoms with Crippen molar-refractivity contribution in [3.63, 3.8) is 0 Å². The third-order valence-corrected chi connectivity index (χ3v) is 9.81. The van der Waals surface area contributed by atoms with Crippen LogP contribution in [0.5, 0.6) is 5.75 Å². The van der Waals surface area contributed by atoms with Gasteiger partial charge in [0.1, 0.15) is 5.75 Å². The molecule has 0 radical (unpaired) electrons. The molecule has 32 heavy (non-hydrogen) atoms. The van der Waals surface area contributed by atoms with Crippen LogP contribution in [0, 0.1) is 0 Å². The van der Waals surface area contributed by atoms with Gasteiger partial charge < -0.3 is 4.74 Å². The molecule has 1 aliphatic rings. The van der Waals surface area contributed by atoms with Crippen molar-refractivity contribution in [2.75, 3.05) is 10.8 Å². The molecule has 1 aliphatic heterocycles. The molecule has 0 bridgehead atoms. The Morgan fingerprint density at radius 1 is 0.844 bits per heavy atom. The Bertz CT molecular complexity index is 1620. The third kappa shape index (κ3) is 3.06. The molecule has 4 aromatic carbocycles. The second kappa shape index (κ2) is 7.23. The fraction of sp³-hybridized carbons (Fsp3) is 0.0435. The van der Waals surface area contributed by atoms with Crippen molar-refractivity contribution in [3.8, 4) is 16.9 Å². The van der Waals surface area contributed by atoms with Crippen LogP contribution in [0.4, 0.5) is 5.69 Å². The summed E-state index contributed by atoms with van der Waals surface area (Å²) in [5, 5.41) is 1.86. The highest BCUT2D eigenvalue weighted by Gasteiger charge is 2.43. The van der Waals surface area contributed by atoms with E-state index in [0.717, 1.165) is 5.39 Å². The molecule has 0 unspecified atom stereocenters. The average Bonchev–Trinajstić information content (AvgIpc) is 2.78. The monoisotopic (exact) mass is 485 g/mol. The van der Waals surface area contributed by atoms with Gasteiger partial charge in [-0.3, -0.25) is 0 Å². The Morgan fingerprint density at radius 3 is 2.34 bits per heavy atom. The van der Waals surface area contributed by atoms with Crippen molar-refractivity contribution < 1.29 is 21.6 Å². The van der Waals surface area contributed by atoms with Crippen molar-refractivity contribution in [1.29, 1.82) is 0 Å². The van der Waals surface area contributed by atoms with E-state index in [0.29, 0.717) is 31.0 Å². The summed E-state index contributed by atoms with van der Waals surface area (Å²) >= 11 is 6.13. The Labute approximate surface area is 190 Å². The van der Waals surface area contributed by atoms with Crippen LogP contribution < -0.4 is 8.45 Å². The minimum absolute atomic E-state index is 0.00808. The van der Waals surface area contributed by atoms with Gasteiger partial charge in [0.25, 0.3) is 20.0 Å². The van der Waals surface area contributed by atoms with E-state index in [9.17, 15) is 16.8 Å². The normalized spacial score (nSPS) is 14.6. The number of fused-ring (bicyclic) bond motifs is 4. The minimum atomic E-state index is -4.48. The van der Waals surface area contributed by atoms with Crippen molar-refractivity contribution >= 4 is 48.1 Å². The molecule has 0 saturated heterocycles. The number of benzene rings is 4. The Kier molecular flexibility index (Phi) is 4.70. The van der Waals surface area contributed by atoms with E-state index in [1.165, 1.54) is 49.6 Å². The molecule has 4 aromatic rings. The summed E-state index contributed by atoms with van der Waals surface area (Å²) in [4.78, 5) is -0.272. The smallest absolute Gasteiger partial charge is 0.278 e. The first-order valence-electron chi connectivity index (χ1n) is 9.51. The fourth-order valence-corrected chi connectivity index (χ4v) is 7.97. The zero-order chi connectivity index (χ0) is 22.7. The van der Waals surface area contributed by atoms with Gasteiger partial charge in [-0.2, -0.15) is 12.1 Å². The van der Waals surface area contributed by atoms with E-state index in [-0.39, 0.29) is 15.5 Å². The van der Waals surface area contributed by atoms with Gasteiger partial charge in [0, 0.05) is 16.1 Å². The van der Waals surface area contributed by atoms with Gasteiger partial charge in [0.05, 0.1) is 22.6 Å². The van der Waals surface area contributed by atoms with Crippen LogP contribution in [0.3, 0.4) is 0 Å². The molecule has 0 N–H and O–H groups in total. The summed E-state index contributed by atoms with van der Waals surface area (Å²) in [6, 6.07) is 20.6. The molecule has 9 heteroatoms. The van der Waals surface area contributed by atoms with Gasteiger partial charge in [-0.05, 0) is 59.3 Å². The first-order chi connectivity index (χ1) is 15.2. The molecule has 0 saturated carbocycles. The van der Waals surface area contributed by atoms with Gasteiger partial charge in [-0.15, -0.1) is 0 Å². The molecular formula is C23H16ClNO5S2. The van der Waals surface area contributed by atoms with Crippen molar-refractivity contribution in [3.05, 3.63) is 83.9 Å². The van der Waals surface area contributed by atoms with Crippen LogP contribution in [-0.4, -0.2) is 23.9 Å². The molecule has 1 heterocycles. The Morgan fingerprint density at radius 2 is 1.59 bits per heavy atom. The van der Waals surface area contributed by atoms with E-state index in [1.54, 1.807) is 24.3 Å². The number of anilines is 1. The zero-order valence-electron chi connectivity index (χ0n) is 16.7. The van der Waals surface area contributed by atoms with Gasteiger partial charge in [0.15, 0.2) is 0 Å². The molecule has 0 aromatic heterocycles. The molecule has 0 spiro atoms. The number of nitrogens with zero attached hydrogens (tertiary/aromatic N) is 1. The van der Waals surface area contributed by atoms with Crippen molar-refractivity contribution in [1.82, 2.24) is 0 Å². The number of hydrogen-bond donors (Lipinski definition) is 0. The maximum absolute atomic E-state index is 13.7. The van der Waals surface area contributed by atoms with Crippen LogP contribution in [0.15, 0.2) is 88.7 Å². The van der Waals surface area contributed by atoms with Gasteiger partial charge >= 0.3 is 0 Å². The largest absolute Gasteiger partial charge is 0.497 e. The van der Waals surface area contributed by atoms with Gasteiger partial charge in [-0.1, -0.05) is 41.9 Å². The van der Waals surface area contributed by atoms with Crippen LogP contribution in [-0.2, 0) is 20.0 Å². The summed E-state index contributed by atoms with van der Waals surface area (Å²) in [5.74, 6) is 0.456. The van der Waals surface area contributed by atoms with Crippen LogP contribution in [0.1, 0.15) is 0 Å². The average molecular weight is 486 g/mol. The van der Waals surface area contributed by atoms with E-state index < -0.39 is 20.0 Å². The van der Waals surface area contributed by atoms with E-state index in [4.69, 9.17) is 16.3 Å². The number of rotatable bonds is 3. The number of methoxy groups -OCH3 is 1. The lowest BCUT2D eigenvalue weighted by molar-refractivity contribution is 0.415. The number of halogens is 1. The minimum Gasteiger partial charge on any atom is -0.497 e. The van der Waals surface area contributed by atoms with E-state index in [2.05, 4.69) is 0 Å². The fourth-order valence-electron chi connectivity index (χ4n) is 3.86. The molecule has 0 aliphatic carbocycles. The highest BCUT2D eigenvalue weighted by molar-refractivity contribution is 8.10. The molecule has 5 rings (SSSR count). The molecule has 162 valence electrons. The van der Waals surface area contributed by atoms with Crippen LogP contribution in [0.2, 0.25) is 5.02 Å². The molecule has 0 atom stereocenters. The predicted molar refractivity (Wildman–Crippen MR) is 124 cm³/mol. The summed E-state index contributed by atoms with van der Waals surface area (Å²) in [6.07, 6.45) is 0. The number of sulfonamides is 2. The van der Waals surface area contributed by atoms with Crippen LogP contribution in [0.25, 0.3) is 21.9 Å². The maximum Gasteiger partial charge on any atom is 0.278 e. The summed E-state index contributed by atoms with van der Waals surface area (Å²) in [5.41, 5.74) is 0.714. The first-order valence-corrected chi connectivity index (χ1v) is 12.8. The molecule has 6 nitrogen and oxygen atoms in total. The van der Waals surface area contributed by atoms with E-state index in [1.807, 2.05) is 12.1 Å². The Balaban J connectivity index is 1.81. The second-order valence-electron chi connectivity index (χ2n) is 7.24. The standard InChI is InChI=1S/C23H16ClNO5S2/c1-30-18-8-10-22-20(14-18)21-13-17(24)7-11-23(21)32(28,29)25(22)31(26,27)19-9-6-15-4-2-3-5-16(15)12-19/h2-14H,1H3. The first kappa shape index (κ1) is 20.8. The molecular weight excluding hydrogens is 470 g/mol. The highest BCUT2D eigenvalue weighted by atomic mass is 35.5. The summed E-state index contributed by atoms with van der Waals surface area (Å²) in [7, 11) is -7.45. The lowest BCUT2D eigenvalue weighted by Gasteiger charge is -2.31. The topological polar surface area (TPSA) is 80.8 Å². The number of ether oxygens (including phenoxy) is 1. The lowest BCUT2D eigenvalue weighted by atomic mass is 10.0.